The van der Waals surface area contributed by atoms with Crippen molar-refractivity contribution >= 4 is 80.9 Å². The molecule has 1 nitrogen and oxygen atoms in total. The summed E-state index contributed by atoms with van der Waals surface area (Å²) in [5, 5.41) is 10.3. The molecule has 63 heavy (non-hydrogen) atoms. The van der Waals surface area contributed by atoms with Gasteiger partial charge in [0.25, 0.3) is 0 Å². The molecule has 0 atom stereocenters. The van der Waals surface area contributed by atoms with Crippen molar-refractivity contribution in [2.75, 3.05) is 4.90 Å². The fourth-order valence-electron chi connectivity index (χ4n) is 11.5. The maximum Gasteiger partial charge on any atom is 0.0726 e. The monoisotopic (exact) mass is 815 g/mol. The minimum absolute atomic E-state index is 0.444. The molecule has 12 aromatic rings. The van der Waals surface area contributed by atoms with Gasteiger partial charge in [-0.15, -0.1) is 11.3 Å². The maximum absolute atomic E-state index is 2.53. The van der Waals surface area contributed by atoms with Gasteiger partial charge in [-0.1, -0.05) is 182 Å². The van der Waals surface area contributed by atoms with Crippen LogP contribution >= 0.6 is 11.3 Å². The van der Waals surface area contributed by atoms with Gasteiger partial charge >= 0.3 is 0 Å². The summed E-state index contributed by atoms with van der Waals surface area (Å²) < 4.78 is 2.63. The molecule has 0 fully saturated rings. The van der Waals surface area contributed by atoms with Crippen LogP contribution in [0.4, 0.5) is 17.1 Å². The quantitative estimate of drug-likeness (QED) is 0.160. The Labute approximate surface area is 369 Å². The highest BCUT2D eigenvalue weighted by molar-refractivity contribution is 7.25. The van der Waals surface area contributed by atoms with Crippen LogP contribution in [0.15, 0.2) is 224 Å². The predicted molar refractivity (Wildman–Crippen MR) is 268 cm³/mol. The zero-order valence-electron chi connectivity index (χ0n) is 34.2. The van der Waals surface area contributed by atoms with E-state index in [0.29, 0.717) is 0 Å². The lowest BCUT2D eigenvalue weighted by atomic mass is 9.70. The number of anilines is 3. The molecule has 14 rings (SSSR count). The SMILES string of the molecule is c1cc(-c2ccc3c(c2)sc2ccccc23)cc(N(c2ccc3c4ccccc4c4ccccc4c3c2)c2cccc3c2-c2ccccc2C32c3ccccc3-c3ccccc32)c1. The summed E-state index contributed by atoms with van der Waals surface area (Å²) in [6, 6.07) is 84.2. The molecule has 0 N–H and O–H groups in total. The van der Waals surface area contributed by atoms with Gasteiger partial charge in [-0.2, -0.15) is 0 Å². The third-order valence-corrected chi connectivity index (χ3v) is 15.2. The van der Waals surface area contributed by atoms with Gasteiger partial charge in [-0.05, 0) is 125 Å². The Hall–Kier alpha value is -7.78. The first-order valence-corrected chi connectivity index (χ1v) is 22.7. The molecule has 0 radical (unpaired) electrons. The van der Waals surface area contributed by atoms with E-state index in [1.54, 1.807) is 0 Å². The minimum atomic E-state index is -0.444. The van der Waals surface area contributed by atoms with Gasteiger partial charge in [-0.3, -0.25) is 0 Å². The average Bonchev–Trinajstić information content (AvgIpc) is 3.98. The highest BCUT2D eigenvalue weighted by atomic mass is 32.1. The van der Waals surface area contributed by atoms with E-state index < -0.39 is 5.41 Å². The second kappa shape index (κ2) is 13.1. The fraction of sp³-hybridized carbons (Fsp3) is 0.0164. The van der Waals surface area contributed by atoms with Crippen molar-refractivity contribution in [3.63, 3.8) is 0 Å². The first-order chi connectivity index (χ1) is 31.3. The highest BCUT2D eigenvalue weighted by Crippen LogP contribution is 2.64. The first-order valence-electron chi connectivity index (χ1n) is 21.8. The Morgan fingerprint density at radius 3 is 1.51 bits per heavy atom. The normalized spacial score (nSPS) is 13.2. The molecule has 0 aliphatic heterocycles. The van der Waals surface area contributed by atoms with Crippen LogP contribution in [0.25, 0.3) is 85.9 Å². The van der Waals surface area contributed by atoms with Gasteiger partial charge < -0.3 is 4.90 Å². The summed E-state index contributed by atoms with van der Waals surface area (Å²) in [7, 11) is 0. The third-order valence-electron chi connectivity index (χ3n) is 14.0. The standard InChI is InChI=1S/C61H37NS/c1-2-19-44-42(17-1)43-18-3-4-20-45(43)52-37-41(32-34-46(44)52)62(40-16-13-15-38(35-40)39-31-33-50-49-23-8-12-30-58(49)63-59(50)36-39)57-29-14-28-56-60(57)51-24-7-11-27-55(51)61(56)53-25-9-5-21-47(53)48-22-6-10-26-54(48)61/h1-37H. The lowest BCUT2D eigenvalue weighted by molar-refractivity contribution is 0.794. The van der Waals surface area contributed by atoms with Crippen LogP contribution in [0.2, 0.25) is 0 Å². The van der Waals surface area contributed by atoms with Crippen molar-refractivity contribution in [3.8, 4) is 33.4 Å². The van der Waals surface area contributed by atoms with Crippen LogP contribution < -0.4 is 4.90 Å². The second-order valence-electron chi connectivity index (χ2n) is 17.1. The molecule has 0 saturated carbocycles. The lowest BCUT2D eigenvalue weighted by Crippen LogP contribution is -2.26. The van der Waals surface area contributed by atoms with Gasteiger partial charge in [0, 0.05) is 37.1 Å². The van der Waals surface area contributed by atoms with Gasteiger partial charge in [0.2, 0.25) is 0 Å². The minimum Gasteiger partial charge on any atom is -0.310 e. The van der Waals surface area contributed by atoms with Gasteiger partial charge in [0.05, 0.1) is 11.1 Å². The van der Waals surface area contributed by atoms with E-state index in [9.17, 15) is 0 Å². The molecule has 2 aliphatic rings. The van der Waals surface area contributed by atoms with Gasteiger partial charge in [0.1, 0.15) is 0 Å². The van der Waals surface area contributed by atoms with E-state index in [-0.39, 0.29) is 0 Å². The molecular formula is C61H37NS. The molecule has 11 aromatic carbocycles. The van der Waals surface area contributed by atoms with E-state index in [0.717, 1.165) is 11.4 Å². The number of hydrogen-bond acceptors (Lipinski definition) is 2. The Bertz CT molecular complexity index is 3810. The second-order valence-corrected chi connectivity index (χ2v) is 18.2. The zero-order valence-corrected chi connectivity index (χ0v) is 35.0. The molecule has 0 amide bonds. The summed E-state index contributed by atoms with van der Waals surface area (Å²) in [6.07, 6.45) is 0. The number of hydrogen-bond donors (Lipinski definition) is 0. The highest BCUT2D eigenvalue weighted by Gasteiger charge is 2.52. The lowest BCUT2D eigenvalue weighted by Gasteiger charge is -2.32. The Kier molecular flexibility index (Phi) is 7.26. The van der Waals surface area contributed by atoms with Crippen LogP contribution in [0.3, 0.4) is 0 Å². The van der Waals surface area contributed by atoms with E-state index in [1.165, 1.54) is 114 Å². The number of nitrogens with zero attached hydrogens (tertiary/aromatic N) is 1. The van der Waals surface area contributed by atoms with Crippen molar-refractivity contribution in [2.24, 2.45) is 0 Å². The summed E-state index contributed by atoms with van der Waals surface area (Å²) in [4.78, 5) is 2.53. The Balaban J connectivity index is 1.05. The molecule has 1 aromatic heterocycles. The van der Waals surface area contributed by atoms with Gasteiger partial charge in [0.15, 0.2) is 0 Å². The summed E-state index contributed by atoms with van der Waals surface area (Å²) in [6.45, 7) is 0. The molecule has 2 aliphatic carbocycles. The molecule has 0 saturated heterocycles. The van der Waals surface area contributed by atoms with Crippen molar-refractivity contribution in [1.82, 2.24) is 0 Å². The Morgan fingerprint density at radius 1 is 0.302 bits per heavy atom. The molecule has 1 heterocycles. The van der Waals surface area contributed by atoms with E-state index in [2.05, 4.69) is 229 Å². The number of benzene rings is 11. The molecule has 292 valence electrons. The number of rotatable bonds is 4. The first kappa shape index (κ1) is 34.9. The van der Waals surface area contributed by atoms with E-state index in [1.807, 2.05) is 11.3 Å². The van der Waals surface area contributed by atoms with Crippen LogP contribution in [0.5, 0.6) is 0 Å². The van der Waals surface area contributed by atoms with Crippen LogP contribution in [0, 0.1) is 0 Å². The molecule has 1 spiro atoms. The molecule has 0 bridgehead atoms. The maximum atomic E-state index is 2.53. The van der Waals surface area contributed by atoms with Crippen LogP contribution in [-0.2, 0) is 5.41 Å². The largest absolute Gasteiger partial charge is 0.310 e. The van der Waals surface area contributed by atoms with Crippen molar-refractivity contribution in [3.05, 3.63) is 247 Å². The summed E-state index contributed by atoms with van der Waals surface area (Å²) >= 11 is 1.87. The van der Waals surface area contributed by atoms with Crippen molar-refractivity contribution in [2.45, 2.75) is 5.41 Å². The molecular weight excluding hydrogens is 779 g/mol. The summed E-state index contributed by atoms with van der Waals surface area (Å²) in [5.74, 6) is 0. The topological polar surface area (TPSA) is 3.24 Å². The molecule has 2 heteroatoms. The number of fused-ring (bicyclic) bond motifs is 19. The van der Waals surface area contributed by atoms with Crippen LogP contribution in [0.1, 0.15) is 22.3 Å². The number of thiophene rings is 1. The van der Waals surface area contributed by atoms with Crippen molar-refractivity contribution in [1.29, 1.82) is 0 Å². The zero-order chi connectivity index (χ0) is 41.2. The average molecular weight is 816 g/mol. The smallest absolute Gasteiger partial charge is 0.0726 e. The van der Waals surface area contributed by atoms with E-state index in [4.69, 9.17) is 0 Å². The van der Waals surface area contributed by atoms with E-state index >= 15 is 0 Å². The molecule has 0 unspecified atom stereocenters. The van der Waals surface area contributed by atoms with Gasteiger partial charge in [-0.25, -0.2) is 0 Å². The third kappa shape index (κ3) is 4.76. The fourth-order valence-corrected chi connectivity index (χ4v) is 12.6. The predicted octanol–water partition coefficient (Wildman–Crippen LogP) is 17.0. The Morgan fingerprint density at radius 2 is 0.794 bits per heavy atom. The summed E-state index contributed by atoms with van der Waals surface area (Å²) in [5.41, 5.74) is 15.9. The van der Waals surface area contributed by atoms with Crippen LogP contribution in [-0.4, -0.2) is 0 Å². The van der Waals surface area contributed by atoms with Crippen molar-refractivity contribution < 1.29 is 0 Å².